The van der Waals surface area contributed by atoms with Crippen LogP contribution in [0.15, 0.2) is 0 Å². The molecule has 0 saturated heterocycles. The highest BCUT2D eigenvalue weighted by atomic mass is 16.5. The molecule has 78 valence electrons. The fraction of sp³-hybridized carbons (Fsp3) is 0.909. The van der Waals surface area contributed by atoms with E-state index in [4.69, 9.17) is 4.74 Å². The Hall–Kier alpha value is -0.530. The monoisotopic (exact) mass is 186 g/mol. The summed E-state index contributed by atoms with van der Waals surface area (Å²) in [6.45, 7) is 8.51. The smallest absolute Gasteiger partial charge is 0.309 e. The van der Waals surface area contributed by atoms with E-state index in [1.807, 2.05) is 20.8 Å². The second-order valence-corrected chi connectivity index (χ2v) is 3.27. The van der Waals surface area contributed by atoms with Gasteiger partial charge in [0.25, 0.3) is 0 Å². The molecule has 1 saturated carbocycles. The van der Waals surface area contributed by atoms with Gasteiger partial charge in [-0.2, -0.15) is 0 Å². The Morgan fingerprint density at radius 1 is 1.38 bits per heavy atom. The molecule has 0 spiro atoms. The van der Waals surface area contributed by atoms with Gasteiger partial charge < -0.3 is 4.74 Å². The van der Waals surface area contributed by atoms with E-state index in [2.05, 4.69) is 6.92 Å². The topological polar surface area (TPSA) is 26.3 Å². The molecule has 0 amide bonds. The highest BCUT2D eigenvalue weighted by molar-refractivity contribution is 5.73. The van der Waals surface area contributed by atoms with Crippen LogP contribution in [0.4, 0.5) is 0 Å². The van der Waals surface area contributed by atoms with Gasteiger partial charge in [0.2, 0.25) is 0 Å². The van der Waals surface area contributed by atoms with Crippen LogP contribution in [0.25, 0.3) is 0 Å². The van der Waals surface area contributed by atoms with Gasteiger partial charge in [-0.3, -0.25) is 4.79 Å². The van der Waals surface area contributed by atoms with Gasteiger partial charge in [-0.15, -0.1) is 0 Å². The van der Waals surface area contributed by atoms with Crippen molar-refractivity contribution in [1.82, 2.24) is 0 Å². The van der Waals surface area contributed by atoms with Gasteiger partial charge in [0.15, 0.2) is 0 Å². The third kappa shape index (κ3) is 3.79. The van der Waals surface area contributed by atoms with Crippen molar-refractivity contribution in [3.63, 3.8) is 0 Å². The predicted octanol–water partition coefficient (Wildman–Crippen LogP) is 3.01. The van der Waals surface area contributed by atoms with E-state index in [1.165, 1.54) is 12.8 Å². The molecule has 0 aromatic rings. The Morgan fingerprint density at radius 3 is 2.38 bits per heavy atom. The molecule has 2 nitrogen and oxygen atoms in total. The quantitative estimate of drug-likeness (QED) is 0.620. The van der Waals surface area contributed by atoms with Gasteiger partial charge in [-0.05, 0) is 25.7 Å². The molecule has 1 fully saturated rings. The Kier molecular flexibility index (Phi) is 6.65. The maximum absolute atomic E-state index is 11.2. The zero-order valence-electron chi connectivity index (χ0n) is 9.30. The SMILES string of the molecule is CC.CCOC(=O)[C@H]1CCCC1C. The molecule has 0 bridgehead atoms. The molecule has 13 heavy (non-hydrogen) atoms. The highest BCUT2D eigenvalue weighted by Crippen LogP contribution is 2.31. The summed E-state index contributed by atoms with van der Waals surface area (Å²) in [6.07, 6.45) is 3.40. The summed E-state index contributed by atoms with van der Waals surface area (Å²) >= 11 is 0. The normalized spacial score (nSPS) is 26.2. The van der Waals surface area contributed by atoms with E-state index in [9.17, 15) is 4.79 Å². The van der Waals surface area contributed by atoms with Gasteiger partial charge in [-0.1, -0.05) is 27.2 Å². The van der Waals surface area contributed by atoms with E-state index in [0.29, 0.717) is 12.5 Å². The standard InChI is InChI=1S/C9H16O2.C2H6/c1-3-11-9(10)8-6-4-5-7(8)2;1-2/h7-8H,3-6H2,1-2H3;1-2H3/t7?,8-;/m0./s1. The van der Waals surface area contributed by atoms with E-state index in [1.54, 1.807) is 0 Å². The third-order valence-corrected chi connectivity index (χ3v) is 2.45. The van der Waals surface area contributed by atoms with Crippen LogP contribution in [0.5, 0.6) is 0 Å². The van der Waals surface area contributed by atoms with Crippen molar-refractivity contribution in [2.45, 2.75) is 47.0 Å². The van der Waals surface area contributed by atoms with E-state index < -0.39 is 0 Å². The molecule has 0 aliphatic heterocycles. The van der Waals surface area contributed by atoms with Crippen LogP contribution in [-0.2, 0) is 9.53 Å². The van der Waals surface area contributed by atoms with E-state index >= 15 is 0 Å². The summed E-state index contributed by atoms with van der Waals surface area (Å²) in [5.74, 6) is 0.737. The molecule has 1 aliphatic rings. The van der Waals surface area contributed by atoms with E-state index in [-0.39, 0.29) is 11.9 Å². The third-order valence-electron chi connectivity index (χ3n) is 2.45. The van der Waals surface area contributed by atoms with Gasteiger partial charge >= 0.3 is 5.97 Å². The van der Waals surface area contributed by atoms with Crippen molar-refractivity contribution in [3.05, 3.63) is 0 Å². The largest absolute Gasteiger partial charge is 0.466 e. The second kappa shape index (κ2) is 6.93. The minimum atomic E-state index is 0.0116. The van der Waals surface area contributed by atoms with E-state index in [0.717, 1.165) is 6.42 Å². The summed E-state index contributed by atoms with van der Waals surface area (Å²) in [5, 5.41) is 0. The number of carbonyl (C=O) groups is 1. The molecule has 0 N–H and O–H groups in total. The highest BCUT2D eigenvalue weighted by Gasteiger charge is 2.30. The number of esters is 1. The van der Waals surface area contributed by atoms with Crippen LogP contribution in [0.2, 0.25) is 0 Å². The van der Waals surface area contributed by atoms with Crippen LogP contribution >= 0.6 is 0 Å². The molecule has 0 aromatic heterocycles. The minimum absolute atomic E-state index is 0.0116. The number of rotatable bonds is 2. The zero-order chi connectivity index (χ0) is 10.3. The van der Waals surface area contributed by atoms with Crippen molar-refractivity contribution in [2.24, 2.45) is 11.8 Å². The molecule has 1 rings (SSSR count). The molecule has 1 aliphatic carbocycles. The molecule has 2 heteroatoms. The number of carbonyl (C=O) groups excluding carboxylic acids is 1. The molecule has 0 aromatic carbocycles. The van der Waals surface area contributed by atoms with Crippen LogP contribution < -0.4 is 0 Å². The molecule has 2 atom stereocenters. The minimum Gasteiger partial charge on any atom is -0.466 e. The first-order valence-electron chi connectivity index (χ1n) is 5.42. The van der Waals surface area contributed by atoms with Crippen LogP contribution in [0.1, 0.15) is 47.0 Å². The Balaban J connectivity index is 0.000000671. The molecule has 1 unspecified atom stereocenters. The summed E-state index contributed by atoms with van der Waals surface area (Å²) in [4.78, 5) is 11.2. The first-order valence-corrected chi connectivity index (χ1v) is 5.42. The van der Waals surface area contributed by atoms with Crippen LogP contribution in [-0.4, -0.2) is 12.6 Å². The molecule has 0 radical (unpaired) electrons. The first-order chi connectivity index (χ1) is 6.25. The fourth-order valence-electron chi connectivity index (χ4n) is 1.74. The lowest BCUT2D eigenvalue weighted by Crippen LogP contribution is -2.19. The number of hydrogen-bond donors (Lipinski definition) is 0. The Morgan fingerprint density at radius 2 is 2.00 bits per heavy atom. The molecular formula is C11H22O2. The second-order valence-electron chi connectivity index (χ2n) is 3.27. The Labute approximate surface area is 81.7 Å². The van der Waals surface area contributed by atoms with Crippen molar-refractivity contribution in [2.75, 3.05) is 6.61 Å². The van der Waals surface area contributed by atoms with Crippen molar-refractivity contribution < 1.29 is 9.53 Å². The lowest BCUT2D eigenvalue weighted by molar-refractivity contribution is -0.149. The van der Waals surface area contributed by atoms with Gasteiger partial charge in [0.05, 0.1) is 12.5 Å². The number of ether oxygens (including phenoxy) is 1. The fourth-order valence-corrected chi connectivity index (χ4v) is 1.74. The van der Waals surface area contributed by atoms with Crippen molar-refractivity contribution in [1.29, 1.82) is 0 Å². The zero-order valence-corrected chi connectivity index (χ0v) is 9.30. The Bertz CT molecular complexity index is 143. The maximum Gasteiger partial charge on any atom is 0.309 e. The van der Waals surface area contributed by atoms with Crippen LogP contribution in [0.3, 0.4) is 0 Å². The van der Waals surface area contributed by atoms with Crippen LogP contribution in [0, 0.1) is 11.8 Å². The molecule has 0 heterocycles. The lowest BCUT2D eigenvalue weighted by atomic mass is 9.99. The first kappa shape index (κ1) is 12.5. The molecular weight excluding hydrogens is 164 g/mol. The average Bonchev–Trinajstić information content (AvgIpc) is 2.55. The summed E-state index contributed by atoms with van der Waals surface area (Å²) < 4.78 is 4.96. The lowest BCUT2D eigenvalue weighted by Gasteiger charge is -2.12. The maximum atomic E-state index is 11.2. The van der Waals surface area contributed by atoms with Gasteiger partial charge in [0, 0.05) is 0 Å². The number of hydrogen-bond acceptors (Lipinski definition) is 2. The summed E-state index contributed by atoms with van der Waals surface area (Å²) in [6, 6.07) is 0. The van der Waals surface area contributed by atoms with Gasteiger partial charge in [0.1, 0.15) is 0 Å². The van der Waals surface area contributed by atoms with Gasteiger partial charge in [-0.25, -0.2) is 0 Å². The predicted molar refractivity (Wildman–Crippen MR) is 54.5 cm³/mol. The summed E-state index contributed by atoms with van der Waals surface area (Å²) in [7, 11) is 0. The van der Waals surface area contributed by atoms with Crippen molar-refractivity contribution in [3.8, 4) is 0 Å². The van der Waals surface area contributed by atoms with Crippen molar-refractivity contribution >= 4 is 5.97 Å². The average molecular weight is 186 g/mol. The summed E-state index contributed by atoms with van der Waals surface area (Å²) in [5.41, 5.74) is 0.